The van der Waals surface area contributed by atoms with E-state index in [1.807, 2.05) is 37.4 Å². The lowest BCUT2D eigenvalue weighted by molar-refractivity contribution is 0.0967. The molecule has 0 aliphatic heterocycles. The number of hydrogen-bond acceptors (Lipinski definition) is 2. The Morgan fingerprint density at radius 3 is 2.86 bits per heavy atom. The Labute approximate surface area is 123 Å². The van der Waals surface area contributed by atoms with Crippen LogP contribution in [0.4, 0.5) is 0 Å². The molecule has 1 saturated carbocycles. The lowest BCUT2D eigenvalue weighted by Gasteiger charge is -2.19. The quantitative estimate of drug-likeness (QED) is 0.770. The molecule has 1 aromatic carbocycles. The fraction of sp³-hybridized carbons (Fsp3) is 0.294. The predicted molar refractivity (Wildman–Crippen MR) is 84.7 cm³/mol. The number of allylic oxidation sites excluding steroid dienone is 2. The molecule has 1 amide bonds. The number of fused-ring (bicyclic) bond motifs is 1. The average molecular weight is 281 g/mol. The van der Waals surface area contributed by atoms with Gasteiger partial charge in [0.1, 0.15) is 0 Å². The minimum atomic E-state index is -0.108. The maximum absolute atomic E-state index is 12.5. The zero-order valence-electron chi connectivity index (χ0n) is 12.1. The normalized spacial score (nSPS) is 17.9. The minimum Gasteiger partial charge on any atom is -0.361 e. The third kappa shape index (κ3) is 2.61. The van der Waals surface area contributed by atoms with Gasteiger partial charge in [0.2, 0.25) is 0 Å². The number of amides is 1. The summed E-state index contributed by atoms with van der Waals surface area (Å²) >= 11 is 0. The minimum absolute atomic E-state index is 0.108. The van der Waals surface area contributed by atoms with Crippen LogP contribution in [0.1, 0.15) is 43.0 Å². The molecule has 1 heterocycles. The summed E-state index contributed by atoms with van der Waals surface area (Å²) in [4.78, 5) is 15.6. The van der Waals surface area contributed by atoms with Crippen LogP contribution < -0.4 is 5.32 Å². The van der Waals surface area contributed by atoms with Crippen molar-refractivity contribution in [3.63, 3.8) is 0 Å². The van der Waals surface area contributed by atoms with Crippen molar-refractivity contribution in [3.05, 3.63) is 47.3 Å². The van der Waals surface area contributed by atoms with Gasteiger partial charge in [0.25, 0.3) is 5.91 Å². The van der Waals surface area contributed by atoms with Crippen LogP contribution in [0.5, 0.6) is 0 Å². The molecule has 0 saturated heterocycles. The number of aromatic nitrogens is 1. The van der Waals surface area contributed by atoms with E-state index in [1.54, 1.807) is 0 Å². The highest BCUT2D eigenvalue weighted by Crippen LogP contribution is 2.23. The van der Waals surface area contributed by atoms with Crippen LogP contribution in [0.25, 0.3) is 10.9 Å². The van der Waals surface area contributed by atoms with Crippen LogP contribution in [0.2, 0.25) is 0 Å². The van der Waals surface area contributed by atoms with Gasteiger partial charge in [-0.15, -0.1) is 0 Å². The smallest absolute Gasteiger partial charge is 0.256 e. The summed E-state index contributed by atoms with van der Waals surface area (Å²) in [5.41, 5.74) is 4.10. The van der Waals surface area contributed by atoms with E-state index in [1.165, 1.54) is 0 Å². The summed E-state index contributed by atoms with van der Waals surface area (Å²) in [7, 11) is 0. The van der Waals surface area contributed by atoms with Crippen molar-refractivity contribution in [1.29, 1.82) is 5.41 Å². The lowest BCUT2D eigenvalue weighted by Crippen LogP contribution is -2.25. The van der Waals surface area contributed by atoms with Crippen molar-refractivity contribution < 1.29 is 4.79 Å². The molecule has 2 aromatic rings. The molecule has 0 radical (unpaired) electrons. The summed E-state index contributed by atoms with van der Waals surface area (Å²) < 4.78 is 0. The lowest BCUT2D eigenvalue weighted by atomic mass is 9.91. The van der Waals surface area contributed by atoms with Crippen molar-refractivity contribution in [2.24, 2.45) is 0 Å². The van der Waals surface area contributed by atoms with Crippen molar-refractivity contribution in [1.82, 2.24) is 10.3 Å². The van der Waals surface area contributed by atoms with Gasteiger partial charge in [0.05, 0.1) is 0 Å². The molecule has 108 valence electrons. The highest BCUT2D eigenvalue weighted by Gasteiger charge is 2.17. The number of benzene rings is 1. The molecule has 3 N–H and O–H groups in total. The first kappa shape index (κ1) is 13.6. The average Bonchev–Trinajstić information content (AvgIpc) is 2.95. The Balaban J connectivity index is 1.88. The maximum atomic E-state index is 12.5. The number of nitrogens with one attached hydrogen (secondary N) is 3. The number of rotatable bonds is 2. The van der Waals surface area contributed by atoms with Crippen LogP contribution in [-0.4, -0.2) is 16.6 Å². The predicted octanol–water partition coefficient (Wildman–Crippen LogP) is 3.77. The first-order valence-corrected chi connectivity index (χ1v) is 7.32. The Hall–Kier alpha value is -2.36. The SMILES string of the molecule is C/C(NC(=O)c1cccc2[nH]ccc12)=C1\CCCCC1=N. The fourth-order valence-electron chi connectivity index (χ4n) is 2.92. The second-order valence-corrected chi connectivity index (χ2v) is 5.49. The van der Waals surface area contributed by atoms with Crippen LogP contribution in [0.15, 0.2) is 41.7 Å². The van der Waals surface area contributed by atoms with Gasteiger partial charge in [-0.25, -0.2) is 0 Å². The molecule has 4 nitrogen and oxygen atoms in total. The monoisotopic (exact) mass is 281 g/mol. The summed E-state index contributed by atoms with van der Waals surface area (Å²) in [5.74, 6) is -0.108. The van der Waals surface area contributed by atoms with Crippen LogP contribution in [0.3, 0.4) is 0 Å². The van der Waals surface area contributed by atoms with Crippen LogP contribution in [-0.2, 0) is 0 Å². The third-order valence-corrected chi connectivity index (χ3v) is 4.06. The van der Waals surface area contributed by atoms with Gasteiger partial charge >= 0.3 is 0 Å². The molecule has 0 bridgehead atoms. The molecule has 1 aliphatic carbocycles. The Bertz CT molecular complexity index is 739. The Kier molecular flexibility index (Phi) is 3.60. The topological polar surface area (TPSA) is 68.7 Å². The van der Waals surface area contributed by atoms with Crippen molar-refractivity contribution in [3.8, 4) is 0 Å². The van der Waals surface area contributed by atoms with Crippen molar-refractivity contribution >= 4 is 22.5 Å². The molecular formula is C17H19N3O. The van der Waals surface area contributed by atoms with Crippen LogP contribution >= 0.6 is 0 Å². The maximum Gasteiger partial charge on any atom is 0.256 e. The van der Waals surface area contributed by atoms with Crippen molar-refractivity contribution in [2.45, 2.75) is 32.6 Å². The summed E-state index contributed by atoms with van der Waals surface area (Å²) in [6.07, 6.45) is 5.71. The van der Waals surface area contributed by atoms with E-state index in [2.05, 4.69) is 10.3 Å². The second-order valence-electron chi connectivity index (χ2n) is 5.49. The number of H-pyrrole nitrogens is 1. The van der Waals surface area contributed by atoms with Gasteiger partial charge < -0.3 is 15.7 Å². The fourth-order valence-corrected chi connectivity index (χ4v) is 2.92. The van der Waals surface area contributed by atoms with E-state index in [0.29, 0.717) is 11.3 Å². The number of carbonyl (C=O) groups excluding carboxylic acids is 1. The van der Waals surface area contributed by atoms with Gasteiger partial charge in [-0.3, -0.25) is 4.79 Å². The molecule has 0 unspecified atom stereocenters. The summed E-state index contributed by atoms with van der Waals surface area (Å²) in [6, 6.07) is 7.57. The van der Waals surface area contributed by atoms with Gasteiger partial charge in [-0.05, 0) is 56.4 Å². The first-order chi connectivity index (χ1) is 10.2. The highest BCUT2D eigenvalue weighted by molar-refractivity contribution is 6.07. The van der Waals surface area contributed by atoms with E-state index in [4.69, 9.17) is 5.41 Å². The third-order valence-electron chi connectivity index (χ3n) is 4.06. The highest BCUT2D eigenvalue weighted by atomic mass is 16.1. The van der Waals surface area contributed by atoms with Crippen molar-refractivity contribution in [2.75, 3.05) is 0 Å². The zero-order chi connectivity index (χ0) is 14.8. The standard InChI is InChI=1S/C17H19N3O/c1-11(12-5-2-3-7-15(12)18)20-17(21)14-6-4-8-16-13(14)9-10-19-16/h4,6,8-10,18-19H,2-3,5,7H2,1H3,(H,20,21)/b12-11-,18-15?. The summed E-state index contributed by atoms with van der Waals surface area (Å²) in [6.45, 7) is 1.89. The summed E-state index contributed by atoms with van der Waals surface area (Å²) in [5, 5.41) is 11.9. The first-order valence-electron chi connectivity index (χ1n) is 7.32. The van der Waals surface area contributed by atoms with E-state index in [-0.39, 0.29) is 5.91 Å². The van der Waals surface area contributed by atoms with Gasteiger partial charge in [0, 0.05) is 34.1 Å². The molecule has 3 rings (SSSR count). The molecular weight excluding hydrogens is 262 g/mol. The zero-order valence-corrected chi connectivity index (χ0v) is 12.1. The van der Waals surface area contributed by atoms with E-state index < -0.39 is 0 Å². The number of carbonyl (C=O) groups is 1. The Morgan fingerprint density at radius 1 is 1.24 bits per heavy atom. The van der Waals surface area contributed by atoms with E-state index >= 15 is 0 Å². The number of hydrogen-bond donors (Lipinski definition) is 3. The van der Waals surface area contributed by atoms with E-state index in [9.17, 15) is 4.79 Å². The molecule has 1 fully saturated rings. The molecule has 1 aliphatic rings. The molecule has 0 spiro atoms. The Morgan fingerprint density at radius 2 is 2.05 bits per heavy atom. The van der Waals surface area contributed by atoms with Gasteiger partial charge in [-0.2, -0.15) is 0 Å². The van der Waals surface area contributed by atoms with Crippen LogP contribution in [0, 0.1) is 5.41 Å². The van der Waals surface area contributed by atoms with Gasteiger partial charge in [0.15, 0.2) is 0 Å². The molecule has 0 atom stereocenters. The number of aromatic amines is 1. The molecule has 21 heavy (non-hydrogen) atoms. The molecule has 4 heteroatoms. The van der Waals surface area contributed by atoms with Gasteiger partial charge in [-0.1, -0.05) is 6.07 Å². The van der Waals surface area contributed by atoms with E-state index in [0.717, 1.165) is 47.9 Å². The molecule has 1 aromatic heterocycles. The second kappa shape index (κ2) is 5.56. The largest absolute Gasteiger partial charge is 0.361 e.